The third-order valence-electron chi connectivity index (χ3n) is 4.14. The number of ether oxygens (including phenoxy) is 1. The lowest BCUT2D eigenvalue weighted by molar-refractivity contribution is -0.159. The van der Waals surface area contributed by atoms with Crippen LogP contribution in [-0.4, -0.2) is 86.9 Å². The van der Waals surface area contributed by atoms with Crippen molar-refractivity contribution in [3.8, 4) is 5.75 Å². The Balaban J connectivity index is 0.00000122. The minimum Gasteiger partial charge on any atom is -0.492 e. The number of carboxylic acids is 2. The lowest BCUT2D eigenvalue weighted by atomic mass is 10.3. The van der Waals surface area contributed by atoms with E-state index in [4.69, 9.17) is 36.8 Å². The van der Waals surface area contributed by atoms with Crippen LogP contribution in [0.1, 0.15) is 20.8 Å². The lowest BCUT2D eigenvalue weighted by Crippen LogP contribution is -2.48. The Kier molecular flexibility index (Phi) is 16.1. The van der Waals surface area contributed by atoms with Crippen LogP contribution in [0, 0.1) is 0 Å². The number of alkyl halides is 1. The van der Waals surface area contributed by atoms with Gasteiger partial charge in [-0.3, -0.25) is 0 Å². The molecule has 0 radical (unpaired) electrons. The first-order valence-corrected chi connectivity index (χ1v) is 11.7. The predicted octanol–water partition coefficient (Wildman–Crippen LogP) is 2.56. The summed E-state index contributed by atoms with van der Waals surface area (Å²) in [5, 5.41) is 19.0. The fourth-order valence-electron chi connectivity index (χ4n) is 2.35. The standard InChI is InChI=1S/C18H30IN3OS.C2H2O4/c1-4-21(5-2)12-11-20-18(24)22(16(3)15-19)13-14-23-17-9-7-6-8-10-17;3-1(4)2(5)6/h6-10,16H,4-5,11-15H2,1-3H3,(H,20,24);(H,3,4)(H,5,6). The summed E-state index contributed by atoms with van der Waals surface area (Å²) in [5.74, 6) is -2.75. The van der Waals surface area contributed by atoms with Crippen molar-refractivity contribution in [2.75, 3.05) is 43.8 Å². The molecule has 0 spiro atoms. The number of benzene rings is 1. The first-order chi connectivity index (χ1) is 14.3. The van der Waals surface area contributed by atoms with Gasteiger partial charge in [0.05, 0.1) is 6.54 Å². The molecule has 0 saturated carbocycles. The molecule has 0 aliphatic carbocycles. The van der Waals surface area contributed by atoms with Crippen LogP contribution in [0.4, 0.5) is 0 Å². The highest BCUT2D eigenvalue weighted by molar-refractivity contribution is 14.1. The van der Waals surface area contributed by atoms with Gasteiger partial charge in [-0.15, -0.1) is 0 Å². The molecule has 170 valence electrons. The number of nitrogens with one attached hydrogen (secondary N) is 1. The number of carboxylic acid groups (broad SMARTS) is 2. The number of thiocarbonyl (C=S) groups is 1. The van der Waals surface area contributed by atoms with Gasteiger partial charge in [-0.1, -0.05) is 54.6 Å². The smallest absolute Gasteiger partial charge is 0.414 e. The Morgan fingerprint density at radius 2 is 1.70 bits per heavy atom. The average Bonchev–Trinajstić information content (AvgIpc) is 2.74. The zero-order valence-electron chi connectivity index (χ0n) is 17.7. The summed E-state index contributed by atoms with van der Waals surface area (Å²) >= 11 is 8.02. The highest BCUT2D eigenvalue weighted by Crippen LogP contribution is 2.09. The van der Waals surface area contributed by atoms with E-state index in [1.165, 1.54) is 0 Å². The van der Waals surface area contributed by atoms with Crippen LogP contribution in [-0.2, 0) is 9.59 Å². The minimum atomic E-state index is -1.82. The molecule has 1 atom stereocenters. The fraction of sp³-hybridized carbons (Fsp3) is 0.550. The van der Waals surface area contributed by atoms with Crippen molar-refractivity contribution in [2.45, 2.75) is 26.8 Å². The number of para-hydroxylation sites is 1. The zero-order valence-corrected chi connectivity index (χ0v) is 20.7. The topological polar surface area (TPSA) is 102 Å². The van der Waals surface area contributed by atoms with Crippen molar-refractivity contribution in [1.82, 2.24) is 15.1 Å². The van der Waals surface area contributed by atoms with Crippen LogP contribution in [0.15, 0.2) is 30.3 Å². The predicted molar refractivity (Wildman–Crippen MR) is 131 cm³/mol. The van der Waals surface area contributed by atoms with Crippen LogP contribution in [0.5, 0.6) is 5.75 Å². The number of nitrogens with zero attached hydrogens (tertiary/aromatic N) is 2. The monoisotopic (exact) mass is 553 g/mol. The lowest BCUT2D eigenvalue weighted by Gasteiger charge is -2.31. The first kappa shape index (κ1) is 28.3. The van der Waals surface area contributed by atoms with E-state index in [0.29, 0.717) is 12.6 Å². The van der Waals surface area contributed by atoms with Crippen molar-refractivity contribution in [3.63, 3.8) is 0 Å². The summed E-state index contributed by atoms with van der Waals surface area (Å²) in [7, 11) is 0. The largest absolute Gasteiger partial charge is 0.492 e. The fourth-order valence-corrected chi connectivity index (χ4v) is 3.20. The van der Waals surface area contributed by atoms with E-state index in [1.807, 2.05) is 30.3 Å². The molecule has 10 heteroatoms. The second-order valence-electron chi connectivity index (χ2n) is 6.23. The highest BCUT2D eigenvalue weighted by Gasteiger charge is 2.16. The number of aliphatic carboxylic acids is 2. The van der Waals surface area contributed by atoms with Crippen LogP contribution < -0.4 is 10.1 Å². The Labute approximate surface area is 197 Å². The maximum Gasteiger partial charge on any atom is 0.414 e. The number of rotatable bonds is 11. The molecule has 0 aliphatic rings. The van der Waals surface area contributed by atoms with Crippen LogP contribution in [0.3, 0.4) is 0 Å². The van der Waals surface area contributed by atoms with E-state index in [0.717, 1.165) is 48.0 Å². The van der Waals surface area contributed by atoms with Crippen molar-refractivity contribution < 1.29 is 24.5 Å². The van der Waals surface area contributed by atoms with Crippen LogP contribution in [0.2, 0.25) is 0 Å². The molecule has 0 aliphatic heterocycles. The number of hydrogen-bond donors (Lipinski definition) is 3. The van der Waals surface area contributed by atoms with Gasteiger partial charge in [0.15, 0.2) is 5.11 Å². The van der Waals surface area contributed by atoms with Gasteiger partial charge in [-0.25, -0.2) is 9.59 Å². The quantitative estimate of drug-likeness (QED) is 0.165. The Morgan fingerprint density at radius 1 is 1.13 bits per heavy atom. The molecule has 0 heterocycles. The Morgan fingerprint density at radius 3 is 2.17 bits per heavy atom. The van der Waals surface area contributed by atoms with Crippen molar-refractivity contribution in [3.05, 3.63) is 30.3 Å². The van der Waals surface area contributed by atoms with E-state index in [2.05, 4.69) is 58.5 Å². The summed E-state index contributed by atoms with van der Waals surface area (Å²) in [6.45, 7) is 12.0. The molecule has 0 amide bonds. The maximum absolute atomic E-state index is 9.10. The van der Waals surface area contributed by atoms with Gasteiger partial charge in [0.2, 0.25) is 0 Å². The van der Waals surface area contributed by atoms with Gasteiger partial charge in [-0.05, 0) is 44.4 Å². The molecule has 1 rings (SSSR count). The number of likely N-dealkylation sites (N-methyl/N-ethyl adjacent to an activating group) is 1. The summed E-state index contributed by atoms with van der Waals surface area (Å²) in [6.07, 6.45) is 0. The number of hydrogen-bond acceptors (Lipinski definition) is 5. The molecule has 0 saturated heterocycles. The second-order valence-corrected chi connectivity index (χ2v) is 7.49. The van der Waals surface area contributed by atoms with E-state index in [-0.39, 0.29) is 0 Å². The SMILES string of the molecule is CCN(CC)CCNC(=S)N(CCOc1ccccc1)C(C)CI.O=C(O)C(=O)O. The summed E-state index contributed by atoms with van der Waals surface area (Å²) in [4.78, 5) is 22.8. The summed E-state index contributed by atoms with van der Waals surface area (Å²) in [5.41, 5.74) is 0. The van der Waals surface area contributed by atoms with E-state index >= 15 is 0 Å². The van der Waals surface area contributed by atoms with Gasteiger partial charge in [0.25, 0.3) is 0 Å². The Bertz CT molecular complexity index is 620. The van der Waals surface area contributed by atoms with Crippen molar-refractivity contribution in [1.29, 1.82) is 0 Å². The van der Waals surface area contributed by atoms with E-state index < -0.39 is 11.9 Å². The maximum atomic E-state index is 9.10. The molecule has 1 aromatic carbocycles. The molecular weight excluding hydrogens is 521 g/mol. The second kappa shape index (κ2) is 17.1. The third kappa shape index (κ3) is 12.8. The highest BCUT2D eigenvalue weighted by atomic mass is 127. The summed E-state index contributed by atoms with van der Waals surface area (Å²) in [6, 6.07) is 10.3. The van der Waals surface area contributed by atoms with Gasteiger partial charge in [0.1, 0.15) is 12.4 Å². The van der Waals surface area contributed by atoms with Crippen LogP contribution in [0.25, 0.3) is 0 Å². The molecule has 0 aromatic heterocycles. The Hall–Kier alpha value is -1.66. The van der Waals surface area contributed by atoms with Crippen molar-refractivity contribution >= 4 is 51.9 Å². The summed E-state index contributed by atoms with van der Waals surface area (Å²) < 4.78 is 6.85. The number of halogens is 1. The van der Waals surface area contributed by atoms with Gasteiger partial charge < -0.3 is 30.1 Å². The van der Waals surface area contributed by atoms with E-state index in [9.17, 15) is 0 Å². The first-order valence-electron chi connectivity index (χ1n) is 9.73. The molecule has 8 nitrogen and oxygen atoms in total. The average molecular weight is 553 g/mol. The number of carbonyl (C=O) groups is 2. The minimum absolute atomic E-state index is 0.387. The molecule has 3 N–H and O–H groups in total. The third-order valence-corrected chi connectivity index (χ3v) is 5.80. The molecular formula is C20H32IN3O5S. The van der Waals surface area contributed by atoms with Gasteiger partial charge >= 0.3 is 11.9 Å². The molecule has 30 heavy (non-hydrogen) atoms. The van der Waals surface area contributed by atoms with Gasteiger partial charge in [0, 0.05) is 23.6 Å². The normalized spacial score (nSPS) is 11.1. The van der Waals surface area contributed by atoms with Crippen LogP contribution >= 0.6 is 34.8 Å². The van der Waals surface area contributed by atoms with Crippen molar-refractivity contribution in [2.24, 2.45) is 0 Å². The van der Waals surface area contributed by atoms with Gasteiger partial charge in [-0.2, -0.15) is 0 Å². The zero-order chi connectivity index (χ0) is 22.9. The molecule has 1 aromatic rings. The molecule has 1 unspecified atom stereocenters. The molecule has 0 bridgehead atoms. The molecule has 0 fully saturated rings. The van der Waals surface area contributed by atoms with E-state index in [1.54, 1.807) is 0 Å².